The first-order chi connectivity index (χ1) is 28.8. The molecule has 0 unspecified atom stereocenters. The first-order valence-electron chi connectivity index (χ1n) is 21.5. The summed E-state index contributed by atoms with van der Waals surface area (Å²) >= 11 is 0. The number of aliphatic hydroxyl groups excluding tert-OH is 2. The quantitative estimate of drug-likeness (QED) is 0.0740. The van der Waals surface area contributed by atoms with E-state index in [1.165, 1.54) is 13.8 Å². The van der Waals surface area contributed by atoms with Gasteiger partial charge in [-0.2, -0.15) is 0 Å². The number of benzene rings is 1. The molecule has 0 aliphatic carbocycles. The van der Waals surface area contributed by atoms with Gasteiger partial charge in [0.05, 0.1) is 55.8 Å². The maximum absolute atomic E-state index is 14.1. The third kappa shape index (κ3) is 14.0. The van der Waals surface area contributed by atoms with Gasteiger partial charge in [0.25, 0.3) is 0 Å². The van der Waals surface area contributed by atoms with Gasteiger partial charge in [-0.25, -0.2) is 0 Å². The van der Waals surface area contributed by atoms with E-state index in [0.29, 0.717) is 37.9 Å². The Balaban J connectivity index is 1.21. The van der Waals surface area contributed by atoms with Crippen molar-refractivity contribution in [2.75, 3.05) is 27.6 Å². The third-order valence-electron chi connectivity index (χ3n) is 12.2. The van der Waals surface area contributed by atoms with E-state index in [2.05, 4.69) is 6.58 Å². The number of hydrogen-bond donors (Lipinski definition) is 3. The Morgan fingerprint density at radius 2 is 1.52 bits per heavy atom. The first kappa shape index (κ1) is 49.0. The highest BCUT2D eigenvalue weighted by atomic mass is 16.8. The monoisotopic (exact) mass is 864 g/mol. The van der Waals surface area contributed by atoms with Crippen molar-refractivity contribution in [2.45, 2.75) is 178 Å². The van der Waals surface area contributed by atoms with Gasteiger partial charge in [0, 0.05) is 91.3 Å². The van der Waals surface area contributed by atoms with Crippen molar-refractivity contribution in [3.63, 3.8) is 0 Å². The lowest BCUT2D eigenvalue weighted by atomic mass is 9.78. The van der Waals surface area contributed by atoms with E-state index >= 15 is 0 Å². The summed E-state index contributed by atoms with van der Waals surface area (Å²) in [6.07, 6.45) is -2.50. The average Bonchev–Trinajstić information content (AvgIpc) is 3.16. The van der Waals surface area contributed by atoms with Crippen molar-refractivity contribution in [3.05, 3.63) is 42.0 Å². The van der Waals surface area contributed by atoms with Crippen LogP contribution in [0.4, 0.5) is 0 Å². The molecule has 4 saturated heterocycles. The van der Waals surface area contributed by atoms with E-state index in [4.69, 9.17) is 47.4 Å². The van der Waals surface area contributed by atoms with Crippen LogP contribution in [0.2, 0.25) is 0 Å². The number of aliphatic hydroxyl groups is 3. The Bertz CT molecular complexity index is 1620. The van der Waals surface area contributed by atoms with Crippen LogP contribution in [0.25, 0.3) is 0 Å². The normalized spacial score (nSPS) is 34.3. The average molecular weight is 865 g/mol. The maximum Gasteiger partial charge on any atom is 0.302 e. The smallest absolute Gasteiger partial charge is 0.302 e. The van der Waals surface area contributed by atoms with Crippen molar-refractivity contribution in [1.82, 2.24) is 0 Å². The summed E-state index contributed by atoms with van der Waals surface area (Å²) < 4.78 is 59.9. The number of rotatable bonds is 19. The van der Waals surface area contributed by atoms with Crippen LogP contribution in [0.1, 0.15) is 111 Å². The highest BCUT2D eigenvalue weighted by molar-refractivity contribution is 5.82. The largest absolute Gasteiger partial charge is 0.497 e. The molecule has 13 atom stereocenters. The lowest BCUT2D eigenvalue weighted by molar-refractivity contribution is -0.382. The zero-order valence-corrected chi connectivity index (χ0v) is 36.8. The van der Waals surface area contributed by atoms with Crippen LogP contribution in [0, 0.1) is 11.8 Å². The molecule has 3 N–H and O–H groups in total. The number of methoxy groups -OCH3 is 2. The molecule has 4 aliphatic heterocycles. The molecule has 0 radical (unpaired) electrons. The maximum atomic E-state index is 14.1. The van der Waals surface area contributed by atoms with Gasteiger partial charge in [-0.05, 0) is 37.5 Å². The summed E-state index contributed by atoms with van der Waals surface area (Å²) in [5.74, 6) is -4.31. The Kier molecular flexibility index (Phi) is 17.3. The van der Waals surface area contributed by atoms with Crippen LogP contribution in [0.3, 0.4) is 0 Å². The number of ether oxygens (including phenoxy) is 10. The third-order valence-corrected chi connectivity index (χ3v) is 12.2. The van der Waals surface area contributed by atoms with Crippen molar-refractivity contribution in [3.8, 4) is 5.75 Å². The van der Waals surface area contributed by atoms with Crippen LogP contribution >= 0.6 is 0 Å². The summed E-state index contributed by atoms with van der Waals surface area (Å²) in [7, 11) is 3.18. The zero-order chi connectivity index (χ0) is 44.5. The molecule has 5 rings (SSSR count). The summed E-state index contributed by atoms with van der Waals surface area (Å²) in [5, 5.41) is 32.1. The zero-order valence-electron chi connectivity index (χ0n) is 36.8. The number of hydrogen-bond acceptors (Lipinski definition) is 16. The Morgan fingerprint density at radius 3 is 2.18 bits per heavy atom. The minimum Gasteiger partial charge on any atom is -0.497 e. The van der Waals surface area contributed by atoms with Gasteiger partial charge in [0.15, 0.2) is 17.9 Å². The second-order valence-electron chi connectivity index (χ2n) is 17.7. The van der Waals surface area contributed by atoms with Gasteiger partial charge in [0.2, 0.25) is 0 Å². The Labute approximate surface area is 359 Å². The van der Waals surface area contributed by atoms with Crippen molar-refractivity contribution >= 4 is 17.7 Å². The Hall–Kier alpha value is -3.03. The molecular formula is C45H68O16. The lowest BCUT2D eigenvalue weighted by Gasteiger charge is -2.52. The number of carbonyl (C=O) groups is 3. The van der Waals surface area contributed by atoms with E-state index < -0.39 is 83.9 Å². The van der Waals surface area contributed by atoms with Crippen molar-refractivity contribution in [2.24, 2.45) is 11.8 Å². The minimum atomic E-state index is -1.28. The topological polar surface area (TPSA) is 204 Å². The molecule has 4 fully saturated rings. The minimum absolute atomic E-state index is 0.0390. The summed E-state index contributed by atoms with van der Waals surface area (Å²) in [6, 6.07) is 7.47. The molecular weight excluding hydrogens is 796 g/mol. The van der Waals surface area contributed by atoms with Gasteiger partial charge in [0.1, 0.15) is 30.5 Å². The molecule has 16 heteroatoms. The van der Waals surface area contributed by atoms with Gasteiger partial charge < -0.3 is 62.7 Å². The van der Waals surface area contributed by atoms with E-state index in [0.717, 1.165) is 11.3 Å². The SMILES string of the molecule is C=C(C[C@H]1C[C@](C)(O)C[C@@]2(C[C@@H](OC(C)=O)C[C@H](CCO)O2)O1)[C@@H](C)[C@H](OC(C)=O)[C@H](C)C(=O)C[C@@H]1C[C@H](OC)C[C@@]2(C[C@@H](O)C[C@H](OCOCc3ccc(OC)cc3)O2)O1. The van der Waals surface area contributed by atoms with E-state index in [1.54, 1.807) is 28.1 Å². The fraction of sp³-hybridized carbons (Fsp3) is 0.756. The number of carbonyl (C=O) groups excluding carboxylic acids is 3. The van der Waals surface area contributed by atoms with Crippen molar-refractivity contribution in [1.29, 1.82) is 0 Å². The number of ketones is 1. The molecule has 16 nitrogen and oxygen atoms in total. The van der Waals surface area contributed by atoms with Crippen LogP contribution in [0.5, 0.6) is 5.75 Å². The molecule has 344 valence electrons. The highest BCUT2D eigenvalue weighted by Gasteiger charge is 2.53. The van der Waals surface area contributed by atoms with E-state index in [-0.39, 0.29) is 70.2 Å². The second-order valence-corrected chi connectivity index (χ2v) is 17.7. The molecule has 1 aromatic rings. The van der Waals surface area contributed by atoms with Gasteiger partial charge in [-0.15, -0.1) is 0 Å². The van der Waals surface area contributed by atoms with Crippen LogP contribution in [0.15, 0.2) is 36.4 Å². The standard InChI is InChI=1S/C45H68O16/c1-27(15-39-21-43(6,51)25-45(60-39)23-38(56-30(4)47)17-35(58-45)13-14-46)28(2)42(57-31(5)48)29(3)40(50)19-36-18-37(53-8)22-44(59-36)20-33(49)16-41(61-44)55-26-54-24-32-9-11-34(52-7)12-10-32/h9-12,28-29,33,35-39,41-42,46,49,51H,1,13-26H2,2-8H3/t28-,29-,33+,35+,36+,37+,38+,39+,41-,42+,43+,44+,45-/m1/s1. The number of Topliss-reactive ketones (excluding diaryl/α,β-unsaturated/α-hetero) is 1. The first-order valence-corrected chi connectivity index (χ1v) is 21.5. The van der Waals surface area contributed by atoms with E-state index in [1.807, 2.05) is 31.2 Å². The predicted molar refractivity (Wildman–Crippen MR) is 218 cm³/mol. The summed E-state index contributed by atoms with van der Waals surface area (Å²) in [5.41, 5.74) is 0.361. The van der Waals surface area contributed by atoms with Crippen molar-refractivity contribution < 1.29 is 77.1 Å². The van der Waals surface area contributed by atoms with E-state index in [9.17, 15) is 29.7 Å². The fourth-order valence-electron chi connectivity index (χ4n) is 9.48. The molecule has 1 aromatic carbocycles. The van der Waals surface area contributed by atoms with Crippen LogP contribution in [-0.4, -0.2) is 127 Å². The molecule has 0 saturated carbocycles. The van der Waals surface area contributed by atoms with Gasteiger partial charge in [-0.1, -0.05) is 38.1 Å². The molecule has 0 amide bonds. The molecule has 4 aliphatic rings. The van der Waals surface area contributed by atoms with Crippen LogP contribution in [-0.2, 0) is 63.6 Å². The van der Waals surface area contributed by atoms with Crippen LogP contribution < -0.4 is 4.74 Å². The van der Waals surface area contributed by atoms with Gasteiger partial charge in [-0.3, -0.25) is 14.4 Å². The molecule has 0 bridgehead atoms. The molecule has 4 heterocycles. The Morgan fingerprint density at radius 1 is 0.852 bits per heavy atom. The second kappa shape index (κ2) is 21.6. The lowest BCUT2D eigenvalue weighted by Crippen LogP contribution is -2.58. The molecule has 0 aromatic heterocycles. The highest BCUT2D eigenvalue weighted by Crippen LogP contribution is 2.46. The number of esters is 2. The molecule has 2 spiro atoms. The predicted octanol–water partition coefficient (Wildman–Crippen LogP) is 4.80. The summed E-state index contributed by atoms with van der Waals surface area (Å²) in [6.45, 7) is 12.3. The molecule has 61 heavy (non-hydrogen) atoms. The summed E-state index contributed by atoms with van der Waals surface area (Å²) in [4.78, 5) is 38.6. The van der Waals surface area contributed by atoms with Gasteiger partial charge >= 0.3 is 11.9 Å². The fourth-order valence-corrected chi connectivity index (χ4v) is 9.48.